The largest absolute Gasteiger partial charge is 0.469 e. The smallest absolute Gasteiger partial charge is 0.105 e. The molecule has 1 aromatic carbocycles. The molecule has 0 aliphatic rings. The molecule has 0 atom stereocenters. The van der Waals surface area contributed by atoms with Crippen molar-refractivity contribution in [2.75, 3.05) is 20.1 Å². The highest BCUT2D eigenvalue weighted by molar-refractivity contribution is 5.23. The Hall–Kier alpha value is -1.58. The highest BCUT2D eigenvalue weighted by Gasteiger charge is 2.06. The predicted molar refractivity (Wildman–Crippen MR) is 87.3 cm³/mol. The molecule has 1 heterocycles. The van der Waals surface area contributed by atoms with Gasteiger partial charge in [0.2, 0.25) is 0 Å². The van der Waals surface area contributed by atoms with Crippen molar-refractivity contribution in [3.05, 3.63) is 59.0 Å². The molecule has 2 rings (SSSR count). The summed E-state index contributed by atoms with van der Waals surface area (Å²) in [5.74, 6) is 1.01. The van der Waals surface area contributed by atoms with Gasteiger partial charge in [0.05, 0.1) is 6.26 Å². The van der Waals surface area contributed by atoms with Crippen LogP contribution in [0.15, 0.2) is 41.0 Å². The summed E-state index contributed by atoms with van der Waals surface area (Å²) in [4.78, 5) is 2.31. The molecule has 2 aromatic rings. The van der Waals surface area contributed by atoms with Gasteiger partial charge in [-0.2, -0.15) is 0 Å². The van der Waals surface area contributed by atoms with Gasteiger partial charge in [-0.15, -0.1) is 0 Å². The molecule has 1 aromatic heterocycles. The second-order valence-corrected chi connectivity index (χ2v) is 5.59. The van der Waals surface area contributed by atoms with Crippen LogP contribution in [0, 0.1) is 6.92 Å². The van der Waals surface area contributed by atoms with E-state index in [4.69, 9.17) is 4.42 Å². The van der Waals surface area contributed by atoms with Gasteiger partial charge in [-0.05, 0) is 50.7 Å². The lowest BCUT2D eigenvalue weighted by Gasteiger charge is -2.16. The van der Waals surface area contributed by atoms with Crippen molar-refractivity contribution >= 4 is 0 Å². The number of hydrogen-bond acceptors (Lipinski definition) is 3. The first kappa shape index (κ1) is 15.8. The SMILES string of the molecule is CCNCCc1ccc(CN(C)Cc2ccoc2C)cc1. The molecule has 0 amide bonds. The second kappa shape index (κ2) is 8.01. The summed E-state index contributed by atoms with van der Waals surface area (Å²) in [6, 6.07) is 11.0. The number of nitrogens with zero attached hydrogens (tertiary/aromatic N) is 1. The molecule has 3 nitrogen and oxygen atoms in total. The van der Waals surface area contributed by atoms with E-state index in [1.54, 1.807) is 6.26 Å². The Kier molecular flexibility index (Phi) is 6.03. The standard InChI is InChI=1S/C18H26N2O/c1-4-19-11-9-16-5-7-17(8-6-16)13-20(3)14-18-10-12-21-15(18)2/h5-8,10,12,19H,4,9,11,13-14H2,1-3H3. The summed E-state index contributed by atoms with van der Waals surface area (Å²) in [6.07, 6.45) is 2.86. The summed E-state index contributed by atoms with van der Waals surface area (Å²) in [5.41, 5.74) is 4.01. The number of aryl methyl sites for hydroxylation is 1. The Morgan fingerprint density at radius 1 is 1.05 bits per heavy atom. The molecule has 21 heavy (non-hydrogen) atoms. The van der Waals surface area contributed by atoms with Gasteiger partial charge in [0.1, 0.15) is 5.76 Å². The number of furan rings is 1. The Morgan fingerprint density at radius 3 is 2.38 bits per heavy atom. The zero-order valence-electron chi connectivity index (χ0n) is 13.4. The predicted octanol–water partition coefficient (Wildman–Crippen LogP) is 3.37. The monoisotopic (exact) mass is 286 g/mol. The van der Waals surface area contributed by atoms with Crippen LogP contribution in [0.5, 0.6) is 0 Å². The maximum absolute atomic E-state index is 5.35. The van der Waals surface area contributed by atoms with Crippen molar-refractivity contribution in [1.82, 2.24) is 10.2 Å². The summed E-state index contributed by atoms with van der Waals surface area (Å²) < 4.78 is 5.35. The lowest BCUT2D eigenvalue weighted by molar-refractivity contribution is 0.316. The van der Waals surface area contributed by atoms with Gasteiger partial charge in [0, 0.05) is 18.7 Å². The third-order valence-electron chi connectivity index (χ3n) is 3.72. The molecular formula is C18H26N2O. The highest BCUT2D eigenvalue weighted by atomic mass is 16.3. The molecule has 0 bridgehead atoms. The van der Waals surface area contributed by atoms with Crippen molar-refractivity contribution in [2.24, 2.45) is 0 Å². The summed E-state index contributed by atoms with van der Waals surface area (Å²) in [6.45, 7) is 8.12. The lowest BCUT2D eigenvalue weighted by atomic mass is 10.1. The summed E-state index contributed by atoms with van der Waals surface area (Å²) >= 11 is 0. The molecule has 0 saturated carbocycles. The van der Waals surface area contributed by atoms with E-state index in [2.05, 4.69) is 54.5 Å². The number of hydrogen-bond donors (Lipinski definition) is 1. The average Bonchev–Trinajstić information content (AvgIpc) is 2.86. The van der Waals surface area contributed by atoms with E-state index in [1.165, 1.54) is 16.7 Å². The number of nitrogens with one attached hydrogen (secondary N) is 1. The molecule has 3 heteroatoms. The topological polar surface area (TPSA) is 28.4 Å². The lowest BCUT2D eigenvalue weighted by Crippen LogP contribution is -2.17. The van der Waals surface area contributed by atoms with Crippen molar-refractivity contribution in [2.45, 2.75) is 33.4 Å². The van der Waals surface area contributed by atoms with Gasteiger partial charge in [0.15, 0.2) is 0 Å². The molecule has 0 spiro atoms. The Morgan fingerprint density at radius 2 is 1.76 bits per heavy atom. The van der Waals surface area contributed by atoms with Crippen LogP contribution in [-0.2, 0) is 19.5 Å². The van der Waals surface area contributed by atoms with Crippen molar-refractivity contribution in [1.29, 1.82) is 0 Å². The molecule has 0 fully saturated rings. The molecule has 0 aliphatic carbocycles. The molecule has 0 unspecified atom stereocenters. The molecular weight excluding hydrogens is 260 g/mol. The quantitative estimate of drug-likeness (QED) is 0.754. The summed E-state index contributed by atoms with van der Waals surface area (Å²) in [5, 5.41) is 3.36. The van der Waals surface area contributed by atoms with Crippen LogP contribution in [0.1, 0.15) is 29.4 Å². The van der Waals surface area contributed by atoms with Gasteiger partial charge < -0.3 is 9.73 Å². The van der Waals surface area contributed by atoms with Gasteiger partial charge in [-0.3, -0.25) is 4.90 Å². The first-order valence-corrected chi connectivity index (χ1v) is 7.69. The molecule has 0 radical (unpaired) electrons. The average molecular weight is 286 g/mol. The van der Waals surface area contributed by atoms with Crippen LogP contribution < -0.4 is 5.32 Å². The van der Waals surface area contributed by atoms with Crippen molar-refractivity contribution < 1.29 is 4.42 Å². The Bertz CT molecular complexity index is 530. The summed E-state index contributed by atoms with van der Waals surface area (Å²) in [7, 11) is 2.14. The van der Waals surface area contributed by atoms with Crippen LogP contribution in [0.3, 0.4) is 0 Å². The Labute approximate surface area is 128 Å². The van der Waals surface area contributed by atoms with E-state index >= 15 is 0 Å². The second-order valence-electron chi connectivity index (χ2n) is 5.59. The van der Waals surface area contributed by atoms with Crippen molar-refractivity contribution in [3.8, 4) is 0 Å². The minimum absolute atomic E-state index is 0.921. The molecule has 114 valence electrons. The van der Waals surface area contributed by atoms with Crippen molar-refractivity contribution in [3.63, 3.8) is 0 Å². The van der Waals surface area contributed by atoms with Crippen LogP contribution in [0.25, 0.3) is 0 Å². The third kappa shape index (κ3) is 5.03. The van der Waals surface area contributed by atoms with Crippen LogP contribution in [0.2, 0.25) is 0 Å². The van der Waals surface area contributed by atoms with E-state index in [0.717, 1.165) is 38.4 Å². The van der Waals surface area contributed by atoms with E-state index in [1.807, 2.05) is 6.92 Å². The number of likely N-dealkylation sites (N-methyl/N-ethyl adjacent to an activating group) is 1. The van der Waals surface area contributed by atoms with Gasteiger partial charge >= 0.3 is 0 Å². The fraction of sp³-hybridized carbons (Fsp3) is 0.444. The van der Waals surface area contributed by atoms with Gasteiger partial charge in [0.25, 0.3) is 0 Å². The van der Waals surface area contributed by atoms with E-state index in [9.17, 15) is 0 Å². The highest BCUT2D eigenvalue weighted by Crippen LogP contribution is 2.13. The molecule has 1 N–H and O–H groups in total. The third-order valence-corrected chi connectivity index (χ3v) is 3.72. The van der Waals surface area contributed by atoms with E-state index in [0.29, 0.717) is 0 Å². The normalized spacial score (nSPS) is 11.2. The molecule has 0 aliphatic heterocycles. The number of benzene rings is 1. The Balaban J connectivity index is 1.83. The van der Waals surface area contributed by atoms with E-state index in [-0.39, 0.29) is 0 Å². The van der Waals surface area contributed by atoms with Crippen LogP contribution in [0.4, 0.5) is 0 Å². The zero-order valence-corrected chi connectivity index (χ0v) is 13.4. The van der Waals surface area contributed by atoms with Gasteiger partial charge in [-0.25, -0.2) is 0 Å². The van der Waals surface area contributed by atoms with Crippen LogP contribution in [-0.4, -0.2) is 25.0 Å². The fourth-order valence-electron chi connectivity index (χ4n) is 2.45. The fourth-order valence-corrected chi connectivity index (χ4v) is 2.45. The van der Waals surface area contributed by atoms with Gasteiger partial charge in [-0.1, -0.05) is 31.2 Å². The first-order chi connectivity index (χ1) is 10.2. The maximum Gasteiger partial charge on any atom is 0.105 e. The zero-order chi connectivity index (χ0) is 15.1. The minimum atomic E-state index is 0.921. The maximum atomic E-state index is 5.35. The van der Waals surface area contributed by atoms with Crippen LogP contribution >= 0.6 is 0 Å². The molecule has 0 saturated heterocycles. The first-order valence-electron chi connectivity index (χ1n) is 7.69. The minimum Gasteiger partial charge on any atom is -0.469 e. The number of rotatable bonds is 8. The van der Waals surface area contributed by atoms with E-state index < -0.39 is 0 Å².